The van der Waals surface area contributed by atoms with Crippen LogP contribution in [0.25, 0.3) is 0 Å². The average molecular weight is 430 g/mol. The molecular formula is C19H21F3N2O4S. The third-order valence-corrected chi connectivity index (χ3v) is 7.69. The summed E-state index contributed by atoms with van der Waals surface area (Å²) in [6.07, 6.45) is -0.800. The van der Waals surface area contributed by atoms with Crippen LogP contribution in [-0.4, -0.2) is 42.5 Å². The minimum Gasteiger partial charge on any atom is -0.441 e. The van der Waals surface area contributed by atoms with E-state index in [0.717, 1.165) is 12.1 Å². The summed E-state index contributed by atoms with van der Waals surface area (Å²) >= 11 is 0. The quantitative estimate of drug-likeness (QED) is 0.721. The number of carbonyl (C=O) groups excluding carboxylic acids is 1. The Kier molecular flexibility index (Phi) is 6.02. The molecule has 2 aromatic rings. The summed E-state index contributed by atoms with van der Waals surface area (Å²) in [6, 6.07) is 3.86. The number of sulfone groups is 1. The highest BCUT2D eigenvalue weighted by Gasteiger charge is 2.38. The van der Waals surface area contributed by atoms with Gasteiger partial charge >= 0.3 is 12.1 Å². The number of aromatic nitrogens is 1. The zero-order valence-electron chi connectivity index (χ0n) is 15.7. The van der Waals surface area contributed by atoms with Gasteiger partial charge in [-0.05, 0) is 43.4 Å². The molecular weight excluding hydrogens is 409 g/mol. The van der Waals surface area contributed by atoms with Gasteiger partial charge in [0.2, 0.25) is 0 Å². The predicted molar refractivity (Wildman–Crippen MR) is 97.8 cm³/mol. The number of benzene rings is 1. The number of hydrogen-bond acceptors (Lipinski definition) is 5. The maximum absolute atomic E-state index is 13.1. The van der Waals surface area contributed by atoms with Crippen molar-refractivity contribution >= 4 is 15.7 Å². The number of rotatable bonds is 5. The molecule has 1 fully saturated rings. The van der Waals surface area contributed by atoms with E-state index in [0.29, 0.717) is 32.0 Å². The van der Waals surface area contributed by atoms with Crippen molar-refractivity contribution in [2.75, 3.05) is 13.1 Å². The van der Waals surface area contributed by atoms with E-state index < -0.39 is 26.8 Å². The third kappa shape index (κ3) is 4.47. The Morgan fingerprint density at radius 2 is 2.00 bits per heavy atom. The van der Waals surface area contributed by atoms with E-state index in [1.807, 2.05) is 0 Å². The number of oxazole rings is 1. The van der Waals surface area contributed by atoms with Crippen molar-refractivity contribution in [3.8, 4) is 0 Å². The molecule has 2 heterocycles. The van der Waals surface area contributed by atoms with Crippen LogP contribution < -0.4 is 0 Å². The van der Waals surface area contributed by atoms with Crippen LogP contribution >= 0.6 is 0 Å². The van der Waals surface area contributed by atoms with Crippen molar-refractivity contribution in [1.29, 1.82) is 0 Å². The van der Waals surface area contributed by atoms with E-state index in [-0.39, 0.29) is 29.0 Å². The predicted octanol–water partition coefficient (Wildman–Crippen LogP) is 3.80. The Bertz CT molecular complexity index is 950. The van der Waals surface area contributed by atoms with E-state index in [1.54, 1.807) is 11.8 Å². The molecule has 0 spiro atoms. The monoisotopic (exact) mass is 430 g/mol. The molecule has 6 nitrogen and oxygen atoms in total. The van der Waals surface area contributed by atoms with Crippen LogP contribution in [0.3, 0.4) is 0 Å². The maximum atomic E-state index is 13.1. The van der Waals surface area contributed by atoms with Crippen molar-refractivity contribution < 1.29 is 30.8 Å². The molecule has 1 aliphatic rings. The van der Waals surface area contributed by atoms with Gasteiger partial charge in [0.25, 0.3) is 5.89 Å². The highest BCUT2D eigenvalue weighted by atomic mass is 32.2. The number of likely N-dealkylation sites (tertiary alicyclic amines) is 1. The lowest BCUT2D eigenvalue weighted by Gasteiger charge is -2.35. The number of amides is 1. The van der Waals surface area contributed by atoms with Gasteiger partial charge in [0.1, 0.15) is 6.26 Å². The molecule has 0 aliphatic carbocycles. The van der Waals surface area contributed by atoms with Crippen LogP contribution in [0.1, 0.15) is 42.4 Å². The standard InChI is InChI=1S/C19H21F3N2O4S/c1-2-16(29(26,27)15-5-3-4-14(12-15)19(20,21)22)13-6-9-24(10-7-13)18(25)17-23-8-11-28-17/h3-5,8,11-13,16H,2,6-7,9-10H2,1H3. The Hall–Kier alpha value is -2.36. The fourth-order valence-electron chi connectivity index (χ4n) is 3.77. The second-order valence-electron chi connectivity index (χ2n) is 6.98. The second-order valence-corrected chi connectivity index (χ2v) is 9.15. The summed E-state index contributed by atoms with van der Waals surface area (Å²) in [6.45, 7) is 2.38. The first-order valence-corrected chi connectivity index (χ1v) is 10.8. The normalized spacial score (nSPS) is 17.3. The lowest BCUT2D eigenvalue weighted by molar-refractivity contribution is -0.137. The SMILES string of the molecule is CCC(C1CCN(C(=O)c2ncco2)CC1)S(=O)(=O)c1cccc(C(F)(F)F)c1. The molecule has 10 heteroatoms. The second kappa shape index (κ2) is 8.17. The fourth-order valence-corrected chi connectivity index (χ4v) is 5.90. The lowest BCUT2D eigenvalue weighted by Crippen LogP contribution is -2.43. The number of hydrogen-bond donors (Lipinski definition) is 0. The first-order valence-electron chi connectivity index (χ1n) is 9.24. The molecule has 1 aromatic carbocycles. The highest BCUT2D eigenvalue weighted by Crippen LogP contribution is 2.34. The smallest absolute Gasteiger partial charge is 0.416 e. The van der Waals surface area contributed by atoms with E-state index >= 15 is 0 Å². The average Bonchev–Trinajstić information content (AvgIpc) is 3.22. The van der Waals surface area contributed by atoms with Crippen LogP contribution in [0.15, 0.2) is 46.0 Å². The van der Waals surface area contributed by atoms with Crippen molar-refractivity contribution in [3.05, 3.63) is 48.2 Å². The van der Waals surface area contributed by atoms with Crippen LogP contribution in [0.2, 0.25) is 0 Å². The first-order chi connectivity index (χ1) is 13.6. The largest absolute Gasteiger partial charge is 0.441 e. The van der Waals surface area contributed by atoms with Gasteiger partial charge in [-0.3, -0.25) is 4.79 Å². The Labute approximate surface area is 166 Å². The van der Waals surface area contributed by atoms with Gasteiger partial charge in [-0.1, -0.05) is 13.0 Å². The summed E-state index contributed by atoms with van der Waals surface area (Å²) in [5, 5.41) is -0.815. The van der Waals surface area contributed by atoms with E-state index in [4.69, 9.17) is 4.42 Å². The molecule has 0 bridgehead atoms. The van der Waals surface area contributed by atoms with Gasteiger partial charge < -0.3 is 9.32 Å². The number of alkyl halides is 3. The molecule has 1 saturated heterocycles. The van der Waals surface area contributed by atoms with Crippen molar-refractivity contribution in [2.45, 2.75) is 42.5 Å². The molecule has 1 atom stereocenters. The van der Waals surface area contributed by atoms with Crippen molar-refractivity contribution in [2.24, 2.45) is 5.92 Å². The minimum absolute atomic E-state index is 0.0212. The molecule has 0 N–H and O–H groups in total. The van der Waals surface area contributed by atoms with Crippen LogP contribution in [0.5, 0.6) is 0 Å². The summed E-state index contributed by atoms with van der Waals surface area (Å²) in [5.74, 6) is -0.637. The molecule has 0 saturated carbocycles. The van der Waals surface area contributed by atoms with Crippen molar-refractivity contribution in [1.82, 2.24) is 9.88 Å². The van der Waals surface area contributed by atoms with Crippen LogP contribution in [0.4, 0.5) is 13.2 Å². The minimum atomic E-state index is -4.61. The molecule has 3 rings (SSSR count). The number of nitrogens with zero attached hydrogens (tertiary/aromatic N) is 2. The Morgan fingerprint density at radius 1 is 1.31 bits per heavy atom. The van der Waals surface area contributed by atoms with E-state index in [1.165, 1.54) is 18.5 Å². The number of piperidine rings is 1. The maximum Gasteiger partial charge on any atom is 0.416 e. The Balaban J connectivity index is 1.75. The van der Waals surface area contributed by atoms with Gasteiger partial charge in [-0.25, -0.2) is 13.4 Å². The van der Waals surface area contributed by atoms with Crippen LogP contribution in [0, 0.1) is 5.92 Å². The van der Waals surface area contributed by atoms with E-state index in [9.17, 15) is 26.4 Å². The molecule has 158 valence electrons. The molecule has 0 radical (unpaired) electrons. The van der Waals surface area contributed by atoms with Crippen molar-refractivity contribution in [3.63, 3.8) is 0 Å². The molecule has 1 aliphatic heterocycles. The summed E-state index contributed by atoms with van der Waals surface area (Å²) < 4.78 is 70.1. The topological polar surface area (TPSA) is 80.5 Å². The number of halogens is 3. The van der Waals surface area contributed by atoms with Gasteiger partial charge in [-0.15, -0.1) is 0 Å². The summed E-state index contributed by atoms with van der Waals surface area (Å²) in [4.78, 5) is 17.4. The lowest BCUT2D eigenvalue weighted by atomic mass is 9.92. The van der Waals surface area contributed by atoms with Gasteiger partial charge in [-0.2, -0.15) is 13.2 Å². The van der Waals surface area contributed by atoms with Gasteiger partial charge in [0, 0.05) is 13.1 Å². The fraction of sp³-hybridized carbons (Fsp3) is 0.474. The first kappa shape index (κ1) is 21.4. The van der Waals surface area contributed by atoms with Gasteiger partial charge in [0.05, 0.1) is 21.9 Å². The zero-order valence-corrected chi connectivity index (χ0v) is 16.5. The third-order valence-electron chi connectivity index (χ3n) is 5.26. The van der Waals surface area contributed by atoms with E-state index in [2.05, 4.69) is 4.98 Å². The number of carbonyl (C=O) groups is 1. The molecule has 29 heavy (non-hydrogen) atoms. The molecule has 1 unspecified atom stereocenters. The Morgan fingerprint density at radius 3 is 2.55 bits per heavy atom. The molecule has 1 amide bonds. The molecule has 1 aromatic heterocycles. The highest BCUT2D eigenvalue weighted by molar-refractivity contribution is 7.92. The zero-order chi connectivity index (χ0) is 21.2. The van der Waals surface area contributed by atoms with Gasteiger partial charge in [0.15, 0.2) is 9.84 Å². The van der Waals surface area contributed by atoms with Crippen LogP contribution in [-0.2, 0) is 16.0 Å². The summed E-state index contributed by atoms with van der Waals surface area (Å²) in [7, 11) is -3.95. The summed E-state index contributed by atoms with van der Waals surface area (Å²) in [5.41, 5.74) is -0.986.